The Morgan fingerprint density at radius 2 is 2.00 bits per heavy atom. The van der Waals surface area contributed by atoms with E-state index in [-0.39, 0.29) is 6.04 Å². The second-order valence-corrected chi connectivity index (χ2v) is 5.66. The average Bonchev–Trinajstić information content (AvgIpc) is 2.83. The van der Waals surface area contributed by atoms with E-state index in [2.05, 4.69) is 25.8 Å². The summed E-state index contributed by atoms with van der Waals surface area (Å²) in [6.45, 7) is 6.72. The Balaban J connectivity index is 1.90. The Hall–Kier alpha value is -1.26. The number of ether oxygens (including phenoxy) is 2. The van der Waals surface area contributed by atoms with Gasteiger partial charge in [-0.2, -0.15) is 0 Å². The summed E-state index contributed by atoms with van der Waals surface area (Å²) < 4.78 is 10.7. The van der Waals surface area contributed by atoms with Gasteiger partial charge in [0, 0.05) is 12.6 Å². The molecule has 19 heavy (non-hydrogen) atoms. The van der Waals surface area contributed by atoms with Gasteiger partial charge >= 0.3 is 0 Å². The van der Waals surface area contributed by atoms with E-state index < -0.39 is 0 Å². The normalized spacial score (nSPS) is 15.3. The molecule has 4 nitrogen and oxygen atoms in total. The molecule has 0 bridgehead atoms. The Morgan fingerprint density at radius 3 is 2.74 bits per heavy atom. The van der Waals surface area contributed by atoms with Crippen molar-refractivity contribution in [3.63, 3.8) is 0 Å². The van der Waals surface area contributed by atoms with E-state index in [4.69, 9.17) is 15.2 Å². The zero-order valence-electron chi connectivity index (χ0n) is 12.1. The van der Waals surface area contributed by atoms with E-state index in [9.17, 15) is 0 Å². The lowest BCUT2D eigenvalue weighted by molar-refractivity contribution is 0.174. The van der Waals surface area contributed by atoms with Crippen LogP contribution in [-0.2, 0) is 0 Å². The minimum Gasteiger partial charge on any atom is -0.454 e. The van der Waals surface area contributed by atoms with Crippen molar-refractivity contribution < 1.29 is 9.47 Å². The lowest BCUT2D eigenvalue weighted by Gasteiger charge is -2.22. The van der Waals surface area contributed by atoms with Crippen LogP contribution in [0.2, 0.25) is 0 Å². The van der Waals surface area contributed by atoms with Crippen LogP contribution in [-0.4, -0.2) is 31.8 Å². The monoisotopic (exact) mass is 264 g/mol. The molecule has 4 heteroatoms. The first-order valence-corrected chi connectivity index (χ1v) is 6.90. The van der Waals surface area contributed by atoms with Gasteiger partial charge in [-0.15, -0.1) is 0 Å². The highest BCUT2D eigenvalue weighted by Gasteiger charge is 2.16. The van der Waals surface area contributed by atoms with Gasteiger partial charge in [-0.25, -0.2) is 0 Å². The smallest absolute Gasteiger partial charge is 0.231 e. The molecule has 1 aliphatic rings. The lowest BCUT2D eigenvalue weighted by atomic mass is 10.1. The van der Waals surface area contributed by atoms with Gasteiger partial charge < -0.3 is 20.1 Å². The van der Waals surface area contributed by atoms with E-state index in [1.165, 1.54) is 6.42 Å². The highest BCUT2D eigenvalue weighted by atomic mass is 16.7. The number of nitrogens with zero attached hydrogens (tertiary/aromatic N) is 1. The van der Waals surface area contributed by atoms with E-state index >= 15 is 0 Å². The largest absolute Gasteiger partial charge is 0.454 e. The van der Waals surface area contributed by atoms with Gasteiger partial charge in [0.2, 0.25) is 6.79 Å². The third kappa shape index (κ3) is 3.85. The fourth-order valence-corrected chi connectivity index (χ4v) is 2.15. The molecule has 1 unspecified atom stereocenters. The van der Waals surface area contributed by atoms with Crippen molar-refractivity contribution in [3.05, 3.63) is 23.8 Å². The number of benzene rings is 1. The maximum atomic E-state index is 6.26. The van der Waals surface area contributed by atoms with Crippen LogP contribution in [0.5, 0.6) is 11.5 Å². The fraction of sp³-hybridized carbons (Fsp3) is 0.600. The summed E-state index contributed by atoms with van der Waals surface area (Å²) >= 11 is 0. The first kappa shape index (κ1) is 14.2. The Morgan fingerprint density at radius 1 is 1.26 bits per heavy atom. The van der Waals surface area contributed by atoms with Gasteiger partial charge in [0.1, 0.15) is 0 Å². The SMILES string of the molecule is CC(C)CCN(C)CC(N)c1ccc2c(c1)OCO2. The molecule has 0 aliphatic carbocycles. The van der Waals surface area contributed by atoms with Crippen molar-refractivity contribution in [1.82, 2.24) is 4.90 Å². The molecule has 0 saturated heterocycles. The highest BCUT2D eigenvalue weighted by Crippen LogP contribution is 2.33. The number of hydrogen-bond donors (Lipinski definition) is 1. The van der Waals surface area contributed by atoms with Crippen LogP contribution in [0.25, 0.3) is 0 Å². The quantitative estimate of drug-likeness (QED) is 0.857. The minimum atomic E-state index is 0.00617. The molecule has 2 rings (SSSR count). The average molecular weight is 264 g/mol. The van der Waals surface area contributed by atoms with Gasteiger partial charge in [-0.1, -0.05) is 19.9 Å². The number of hydrogen-bond acceptors (Lipinski definition) is 4. The number of rotatable bonds is 6. The molecule has 1 atom stereocenters. The van der Waals surface area contributed by atoms with Crippen molar-refractivity contribution in [3.8, 4) is 11.5 Å². The third-order valence-electron chi connectivity index (χ3n) is 3.42. The van der Waals surface area contributed by atoms with Crippen LogP contribution in [0.1, 0.15) is 31.9 Å². The van der Waals surface area contributed by atoms with E-state index in [0.717, 1.165) is 36.1 Å². The van der Waals surface area contributed by atoms with Crippen molar-refractivity contribution in [2.45, 2.75) is 26.3 Å². The van der Waals surface area contributed by atoms with Crippen LogP contribution in [0, 0.1) is 5.92 Å². The standard InChI is InChI=1S/C15H24N2O2/c1-11(2)6-7-17(3)9-13(16)12-4-5-14-15(8-12)19-10-18-14/h4-5,8,11,13H,6-7,9-10,16H2,1-3H3. The maximum Gasteiger partial charge on any atom is 0.231 e. The predicted octanol–water partition coefficient (Wildman–Crippen LogP) is 2.39. The summed E-state index contributed by atoms with van der Waals surface area (Å²) in [5.41, 5.74) is 7.36. The molecule has 0 radical (unpaired) electrons. The van der Waals surface area contributed by atoms with Crippen LogP contribution in [0.3, 0.4) is 0 Å². The van der Waals surface area contributed by atoms with Crippen LogP contribution in [0.4, 0.5) is 0 Å². The first-order chi connectivity index (χ1) is 9.06. The van der Waals surface area contributed by atoms with Crippen molar-refractivity contribution >= 4 is 0 Å². The summed E-state index contributed by atoms with van der Waals surface area (Å²) in [6.07, 6.45) is 1.20. The maximum absolute atomic E-state index is 6.26. The summed E-state index contributed by atoms with van der Waals surface area (Å²) in [5, 5.41) is 0. The first-order valence-electron chi connectivity index (χ1n) is 6.90. The molecule has 0 saturated carbocycles. The van der Waals surface area contributed by atoms with Crippen molar-refractivity contribution in [1.29, 1.82) is 0 Å². The van der Waals surface area contributed by atoms with Gasteiger partial charge in [0.25, 0.3) is 0 Å². The van der Waals surface area contributed by atoms with Gasteiger partial charge in [-0.05, 0) is 43.6 Å². The molecule has 1 aliphatic heterocycles. The molecule has 0 fully saturated rings. The zero-order chi connectivity index (χ0) is 13.8. The van der Waals surface area contributed by atoms with Crippen LogP contribution in [0.15, 0.2) is 18.2 Å². The van der Waals surface area contributed by atoms with E-state index in [0.29, 0.717) is 6.79 Å². The summed E-state index contributed by atoms with van der Waals surface area (Å²) in [6, 6.07) is 5.95. The van der Waals surface area contributed by atoms with Gasteiger partial charge in [-0.3, -0.25) is 0 Å². The Labute approximate surface area is 115 Å². The highest BCUT2D eigenvalue weighted by molar-refractivity contribution is 5.45. The molecule has 1 aromatic rings. The van der Waals surface area contributed by atoms with Crippen LogP contribution >= 0.6 is 0 Å². The van der Waals surface area contributed by atoms with Crippen LogP contribution < -0.4 is 15.2 Å². The second kappa shape index (κ2) is 6.26. The topological polar surface area (TPSA) is 47.7 Å². The molecule has 1 heterocycles. The second-order valence-electron chi connectivity index (χ2n) is 5.66. The van der Waals surface area contributed by atoms with Crippen molar-refractivity contribution in [2.75, 3.05) is 26.9 Å². The molecule has 0 amide bonds. The van der Waals surface area contributed by atoms with Crippen molar-refractivity contribution in [2.24, 2.45) is 11.7 Å². The molecule has 0 aromatic heterocycles. The molecule has 1 aromatic carbocycles. The molecule has 106 valence electrons. The Bertz CT molecular complexity index is 421. The van der Waals surface area contributed by atoms with Gasteiger partial charge in [0.05, 0.1) is 0 Å². The predicted molar refractivity (Wildman–Crippen MR) is 76.4 cm³/mol. The Kier molecular flexibility index (Phi) is 4.66. The molecular formula is C15H24N2O2. The summed E-state index contributed by atoms with van der Waals surface area (Å²) in [5.74, 6) is 2.34. The van der Waals surface area contributed by atoms with E-state index in [1.54, 1.807) is 0 Å². The zero-order valence-corrected chi connectivity index (χ0v) is 12.1. The molecular weight excluding hydrogens is 240 g/mol. The minimum absolute atomic E-state index is 0.00617. The van der Waals surface area contributed by atoms with E-state index in [1.807, 2.05) is 18.2 Å². The number of likely N-dealkylation sites (N-methyl/N-ethyl adjacent to an activating group) is 1. The molecule has 0 spiro atoms. The number of nitrogens with two attached hydrogens (primary N) is 1. The third-order valence-corrected chi connectivity index (χ3v) is 3.42. The molecule has 2 N–H and O–H groups in total. The summed E-state index contributed by atoms with van der Waals surface area (Å²) in [4.78, 5) is 2.29. The number of fused-ring (bicyclic) bond motifs is 1. The lowest BCUT2D eigenvalue weighted by Crippen LogP contribution is -2.30. The summed E-state index contributed by atoms with van der Waals surface area (Å²) in [7, 11) is 2.12. The van der Waals surface area contributed by atoms with Gasteiger partial charge in [0.15, 0.2) is 11.5 Å². The fourth-order valence-electron chi connectivity index (χ4n) is 2.15.